The molecule has 0 aliphatic heterocycles. The average molecular weight is 168 g/mol. The summed E-state index contributed by atoms with van der Waals surface area (Å²) in [6.45, 7) is 5.21. The molecular weight excluding hydrogens is 156 g/mol. The maximum atomic E-state index is 10.8. The summed E-state index contributed by atoms with van der Waals surface area (Å²) in [6, 6.07) is 3.03. The van der Waals surface area contributed by atoms with Gasteiger partial charge in [0.15, 0.2) is 5.76 Å². The molecule has 12 heavy (non-hydrogen) atoms. The van der Waals surface area contributed by atoms with Crippen LogP contribution in [0.2, 0.25) is 0 Å². The summed E-state index contributed by atoms with van der Waals surface area (Å²) >= 11 is 0. The van der Waals surface area contributed by atoms with E-state index in [4.69, 9.17) is 0 Å². The monoisotopic (exact) mass is 168 g/mol. The number of carbonyl (C=O) groups is 2. The third-order valence-electron chi connectivity index (χ3n) is 1.06. The van der Waals surface area contributed by atoms with E-state index in [1.54, 1.807) is 6.07 Å². The van der Waals surface area contributed by atoms with Gasteiger partial charge < -0.3 is 4.42 Å². The molecule has 1 rings (SSSR count). The van der Waals surface area contributed by atoms with Gasteiger partial charge in [-0.2, -0.15) is 0 Å². The van der Waals surface area contributed by atoms with Crippen molar-refractivity contribution in [1.82, 2.24) is 0 Å². The second-order valence-corrected chi connectivity index (χ2v) is 1.86. The Balaban J connectivity index is 0.000000561. The van der Waals surface area contributed by atoms with Gasteiger partial charge in [-0.25, -0.2) is 0 Å². The van der Waals surface area contributed by atoms with Crippen LogP contribution in [0.4, 0.5) is 0 Å². The first-order chi connectivity index (χ1) is 5.72. The molecule has 0 amide bonds. The van der Waals surface area contributed by atoms with E-state index >= 15 is 0 Å². The Morgan fingerprint density at radius 1 is 1.33 bits per heavy atom. The van der Waals surface area contributed by atoms with Gasteiger partial charge in [0.2, 0.25) is 5.78 Å². The van der Waals surface area contributed by atoms with E-state index in [-0.39, 0.29) is 5.76 Å². The first-order valence-electron chi connectivity index (χ1n) is 3.80. The molecule has 1 aromatic rings. The van der Waals surface area contributed by atoms with Crippen LogP contribution in [0.15, 0.2) is 22.8 Å². The molecule has 0 radical (unpaired) electrons. The van der Waals surface area contributed by atoms with Crippen LogP contribution in [0.5, 0.6) is 0 Å². The van der Waals surface area contributed by atoms with Crippen LogP contribution in [-0.4, -0.2) is 11.6 Å². The molecule has 0 aliphatic rings. The molecule has 3 heteroatoms. The average Bonchev–Trinajstić information content (AvgIpc) is 2.58. The lowest BCUT2D eigenvalue weighted by molar-refractivity contribution is -0.113. The normalized spacial score (nSPS) is 8.25. The Labute approximate surface area is 71.4 Å². The van der Waals surface area contributed by atoms with Gasteiger partial charge in [-0.05, 0) is 12.1 Å². The summed E-state index contributed by atoms with van der Waals surface area (Å²) in [5.41, 5.74) is 0. The maximum Gasteiger partial charge on any atom is 0.263 e. The lowest BCUT2D eigenvalue weighted by Gasteiger charge is -1.86. The second kappa shape index (κ2) is 5.29. The minimum absolute atomic E-state index is 0.104. The zero-order chi connectivity index (χ0) is 9.56. The first kappa shape index (κ1) is 10.6. The van der Waals surface area contributed by atoms with E-state index < -0.39 is 11.6 Å². The van der Waals surface area contributed by atoms with Crippen LogP contribution in [-0.2, 0) is 4.79 Å². The summed E-state index contributed by atoms with van der Waals surface area (Å²) in [5, 5.41) is 0. The van der Waals surface area contributed by atoms with Gasteiger partial charge in [-0.15, -0.1) is 0 Å². The molecule has 1 aromatic heterocycles. The van der Waals surface area contributed by atoms with Crippen molar-refractivity contribution < 1.29 is 14.0 Å². The smallest absolute Gasteiger partial charge is 0.263 e. The van der Waals surface area contributed by atoms with Gasteiger partial charge in [0.1, 0.15) is 0 Å². The molecule has 0 unspecified atom stereocenters. The van der Waals surface area contributed by atoms with Gasteiger partial charge in [0, 0.05) is 6.92 Å². The predicted octanol–water partition coefficient (Wildman–Crippen LogP) is 2.08. The summed E-state index contributed by atoms with van der Waals surface area (Å²) in [4.78, 5) is 21.2. The van der Waals surface area contributed by atoms with Crippen molar-refractivity contribution in [3.8, 4) is 0 Å². The van der Waals surface area contributed by atoms with Crippen LogP contribution in [0.25, 0.3) is 0 Å². The van der Waals surface area contributed by atoms with Crippen molar-refractivity contribution in [1.29, 1.82) is 0 Å². The molecule has 0 aromatic carbocycles. The Morgan fingerprint density at radius 3 is 2.25 bits per heavy atom. The highest BCUT2D eigenvalue weighted by atomic mass is 16.3. The van der Waals surface area contributed by atoms with Crippen LogP contribution >= 0.6 is 0 Å². The number of hydrogen-bond donors (Lipinski definition) is 0. The van der Waals surface area contributed by atoms with Crippen molar-refractivity contribution >= 4 is 11.6 Å². The number of rotatable bonds is 2. The molecule has 3 nitrogen and oxygen atoms in total. The third kappa shape index (κ3) is 2.70. The van der Waals surface area contributed by atoms with Crippen molar-refractivity contribution in [2.45, 2.75) is 20.8 Å². The molecule has 0 N–H and O–H groups in total. The molecule has 66 valence electrons. The Kier molecular flexibility index (Phi) is 4.69. The zero-order valence-electron chi connectivity index (χ0n) is 7.46. The molecule has 1 heterocycles. The lowest BCUT2D eigenvalue weighted by atomic mass is 10.2. The number of Topliss-reactive ketones (excluding diaryl/α,β-unsaturated/α-hetero) is 2. The van der Waals surface area contributed by atoms with Crippen molar-refractivity contribution in [3.05, 3.63) is 24.2 Å². The van der Waals surface area contributed by atoms with E-state index in [0.29, 0.717) is 0 Å². The predicted molar refractivity (Wildman–Crippen MR) is 45.1 cm³/mol. The summed E-state index contributed by atoms with van der Waals surface area (Å²) in [5.74, 6) is -0.979. The number of carbonyl (C=O) groups excluding carboxylic acids is 2. The fourth-order valence-electron chi connectivity index (χ4n) is 0.581. The topological polar surface area (TPSA) is 47.3 Å². The van der Waals surface area contributed by atoms with Gasteiger partial charge in [0.05, 0.1) is 6.26 Å². The largest absolute Gasteiger partial charge is 0.461 e. The third-order valence-corrected chi connectivity index (χ3v) is 1.06. The van der Waals surface area contributed by atoms with Gasteiger partial charge in [0.25, 0.3) is 5.78 Å². The maximum absolute atomic E-state index is 10.8. The first-order valence-corrected chi connectivity index (χ1v) is 3.80. The zero-order valence-corrected chi connectivity index (χ0v) is 7.46. The van der Waals surface area contributed by atoms with Gasteiger partial charge in [-0.3, -0.25) is 9.59 Å². The van der Waals surface area contributed by atoms with E-state index in [2.05, 4.69) is 4.42 Å². The van der Waals surface area contributed by atoms with E-state index in [1.165, 1.54) is 19.3 Å². The number of furan rings is 1. The fourth-order valence-corrected chi connectivity index (χ4v) is 0.581. The SMILES string of the molecule is CC.CC(=O)C(=O)c1ccco1. The minimum atomic E-state index is -0.579. The summed E-state index contributed by atoms with van der Waals surface area (Å²) < 4.78 is 4.69. The van der Waals surface area contributed by atoms with Crippen LogP contribution in [0.1, 0.15) is 31.3 Å². The van der Waals surface area contributed by atoms with Crippen LogP contribution in [0, 0.1) is 0 Å². The van der Waals surface area contributed by atoms with Gasteiger partial charge >= 0.3 is 0 Å². The Morgan fingerprint density at radius 2 is 1.92 bits per heavy atom. The highest BCUT2D eigenvalue weighted by molar-refractivity contribution is 6.42. The molecule has 0 saturated carbocycles. The van der Waals surface area contributed by atoms with Crippen molar-refractivity contribution in [3.63, 3.8) is 0 Å². The number of hydrogen-bond acceptors (Lipinski definition) is 3. The minimum Gasteiger partial charge on any atom is -0.461 e. The quantitative estimate of drug-likeness (QED) is 0.501. The summed E-state index contributed by atoms with van der Waals surface area (Å²) in [7, 11) is 0. The molecule has 0 saturated heterocycles. The highest BCUT2D eigenvalue weighted by Crippen LogP contribution is 2.00. The molecule has 0 spiro atoms. The standard InChI is InChI=1S/C7H6O3.C2H6/c1-5(8)7(9)6-3-2-4-10-6;1-2/h2-4H,1H3;1-2H3. The van der Waals surface area contributed by atoms with Crippen LogP contribution < -0.4 is 0 Å². The molecule has 0 atom stereocenters. The fraction of sp³-hybridized carbons (Fsp3) is 0.333. The molecule has 0 aliphatic carbocycles. The molecule has 0 bridgehead atoms. The van der Waals surface area contributed by atoms with Crippen molar-refractivity contribution in [2.75, 3.05) is 0 Å². The molecular formula is C9H12O3. The highest BCUT2D eigenvalue weighted by Gasteiger charge is 2.12. The number of ketones is 2. The van der Waals surface area contributed by atoms with E-state index in [1.807, 2.05) is 13.8 Å². The van der Waals surface area contributed by atoms with E-state index in [9.17, 15) is 9.59 Å². The van der Waals surface area contributed by atoms with Crippen LogP contribution in [0.3, 0.4) is 0 Å². The summed E-state index contributed by atoms with van der Waals surface area (Å²) in [6.07, 6.45) is 1.36. The van der Waals surface area contributed by atoms with E-state index in [0.717, 1.165) is 0 Å². The molecule has 0 fully saturated rings. The Bertz CT molecular complexity index is 247. The van der Waals surface area contributed by atoms with Crippen molar-refractivity contribution in [2.24, 2.45) is 0 Å². The Hall–Kier alpha value is -1.38. The lowest BCUT2D eigenvalue weighted by Crippen LogP contribution is -2.07. The second-order valence-electron chi connectivity index (χ2n) is 1.86. The van der Waals surface area contributed by atoms with Gasteiger partial charge in [-0.1, -0.05) is 13.8 Å².